The molecule has 0 amide bonds. The minimum atomic E-state index is 0.581. The molecule has 0 spiro atoms. The van der Waals surface area contributed by atoms with Crippen LogP contribution in [0.4, 0.5) is 0 Å². The van der Waals surface area contributed by atoms with Gasteiger partial charge >= 0.3 is 0 Å². The molecule has 1 fully saturated rings. The van der Waals surface area contributed by atoms with E-state index in [-0.39, 0.29) is 0 Å². The Balaban J connectivity index is 1.65. The van der Waals surface area contributed by atoms with Crippen molar-refractivity contribution < 1.29 is 9.22 Å². The third-order valence-corrected chi connectivity index (χ3v) is 4.96. The quantitative estimate of drug-likeness (QED) is 0.671. The van der Waals surface area contributed by atoms with Crippen LogP contribution in [0.2, 0.25) is 0 Å². The Hall–Kier alpha value is -0.800. The molecule has 106 valence electrons. The molecule has 0 aromatic rings. The van der Waals surface area contributed by atoms with Gasteiger partial charge in [0, 0.05) is 25.0 Å². The minimum absolute atomic E-state index is 0.581. The van der Waals surface area contributed by atoms with Crippen LogP contribution in [0, 0.1) is 5.92 Å². The molecule has 0 bridgehead atoms. The van der Waals surface area contributed by atoms with Gasteiger partial charge in [-0.2, -0.15) is 0 Å². The van der Waals surface area contributed by atoms with Crippen LogP contribution in [0.3, 0.4) is 0 Å². The van der Waals surface area contributed by atoms with Crippen LogP contribution in [-0.4, -0.2) is 62.3 Å². The first-order valence-electron chi connectivity index (χ1n) is 7.63. The molecule has 2 unspecified atom stereocenters. The summed E-state index contributed by atoms with van der Waals surface area (Å²) in [4.78, 5) is 2.64. The molecule has 3 nitrogen and oxygen atoms in total. The average molecular weight is 263 g/mol. The number of quaternary nitrogens is 1. The predicted octanol–water partition coefficient (Wildman–Crippen LogP) is 2.02. The molecule has 19 heavy (non-hydrogen) atoms. The highest BCUT2D eigenvalue weighted by Gasteiger charge is 2.33. The van der Waals surface area contributed by atoms with Gasteiger partial charge in [-0.05, 0) is 18.4 Å². The average Bonchev–Trinajstić information content (AvgIpc) is 2.38. The lowest BCUT2D eigenvalue weighted by molar-refractivity contribution is -0.894. The molecule has 1 aliphatic carbocycles. The summed E-state index contributed by atoms with van der Waals surface area (Å²) < 4.78 is 7.26. The van der Waals surface area contributed by atoms with Crippen molar-refractivity contribution in [3.05, 3.63) is 23.5 Å². The molecule has 2 aliphatic heterocycles. The standard InChI is InChI=1S/C16H27N2O/c1-13-5-4-6-14-11-15(12-19-16(13)14)17-7-9-18(2,3)10-8-17/h4,6,13,15H,5,7-12H2,1-3H3/q+1. The number of rotatable bonds is 1. The van der Waals surface area contributed by atoms with Gasteiger partial charge in [0.05, 0.1) is 27.2 Å². The zero-order chi connectivity index (χ0) is 13.5. The lowest BCUT2D eigenvalue weighted by Gasteiger charge is -2.44. The molecule has 3 aliphatic rings. The Morgan fingerprint density at radius 1 is 1.26 bits per heavy atom. The molecule has 1 saturated heterocycles. The van der Waals surface area contributed by atoms with E-state index in [9.17, 15) is 0 Å². The molecular weight excluding hydrogens is 236 g/mol. The number of hydrogen-bond acceptors (Lipinski definition) is 2. The van der Waals surface area contributed by atoms with Crippen LogP contribution in [-0.2, 0) is 4.74 Å². The van der Waals surface area contributed by atoms with E-state index in [1.807, 2.05) is 0 Å². The van der Waals surface area contributed by atoms with Crippen molar-refractivity contribution in [3.8, 4) is 0 Å². The molecule has 2 heterocycles. The molecule has 3 rings (SSSR count). The normalized spacial score (nSPS) is 34.9. The Labute approximate surface area is 117 Å². The van der Waals surface area contributed by atoms with E-state index in [0.717, 1.165) is 17.5 Å². The Morgan fingerprint density at radius 2 is 2.00 bits per heavy atom. The molecule has 2 atom stereocenters. The van der Waals surface area contributed by atoms with Crippen molar-refractivity contribution in [2.24, 2.45) is 5.92 Å². The van der Waals surface area contributed by atoms with Crippen LogP contribution in [0.15, 0.2) is 23.5 Å². The highest BCUT2D eigenvalue weighted by atomic mass is 16.5. The lowest BCUT2D eigenvalue weighted by atomic mass is 9.89. The highest BCUT2D eigenvalue weighted by molar-refractivity contribution is 5.30. The third kappa shape index (κ3) is 2.72. The second-order valence-corrected chi connectivity index (χ2v) is 7.02. The van der Waals surface area contributed by atoms with E-state index < -0.39 is 0 Å². The summed E-state index contributed by atoms with van der Waals surface area (Å²) in [7, 11) is 4.67. The van der Waals surface area contributed by atoms with E-state index >= 15 is 0 Å². The summed E-state index contributed by atoms with van der Waals surface area (Å²) in [6.07, 6.45) is 6.93. The van der Waals surface area contributed by atoms with Gasteiger partial charge < -0.3 is 9.22 Å². The number of nitrogens with zero attached hydrogens (tertiary/aromatic N) is 2. The number of ether oxygens (including phenoxy) is 1. The number of piperazine rings is 1. The molecule has 0 aromatic heterocycles. The maximum absolute atomic E-state index is 6.09. The fraction of sp³-hybridized carbons (Fsp3) is 0.750. The largest absolute Gasteiger partial charge is 0.496 e. The van der Waals surface area contributed by atoms with Crippen molar-refractivity contribution in [2.75, 3.05) is 46.9 Å². The number of likely N-dealkylation sites (N-methyl/N-ethyl adjacent to an activating group) is 1. The second-order valence-electron chi connectivity index (χ2n) is 7.02. The van der Waals surface area contributed by atoms with Crippen LogP contribution < -0.4 is 0 Å². The lowest BCUT2D eigenvalue weighted by Crippen LogP contribution is -2.58. The van der Waals surface area contributed by atoms with Crippen molar-refractivity contribution in [1.82, 2.24) is 4.90 Å². The molecule has 0 aromatic carbocycles. The maximum Gasteiger partial charge on any atom is 0.104 e. The fourth-order valence-corrected chi connectivity index (χ4v) is 3.44. The van der Waals surface area contributed by atoms with E-state index in [4.69, 9.17) is 4.74 Å². The van der Waals surface area contributed by atoms with E-state index in [2.05, 4.69) is 38.1 Å². The third-order valence-electron chi connectivity index (χ3n) is 4.96. The second kappa shape index (κ2) is 4.95. The topological polar surface area (TPSA) is 12.5 Å². The summed E-state index contributed by atoms with van der Waals surface area (Å²) in [6.45, 7) is 8.11. The number of allylic oxidation sites excluding steroid dienone is 3. The van der Waals surface area contributed by atoms with Crippen molar-refractivity contribution >= 4 is 0 Å². The van der Waals surface area contributed by atoms with Crippen LogP contribution in [0.1, 0.15) is 19.8 Å². The Kier molecular flexibility index (Phi) is 3.44. The first-order chi connectivity index (χ1) is 9.05. The van der Waals surface area contributed by atoms with Crippen LogP contribution in [0.5, 0.6) is 0 Å². The Morgan fingerprint density at radius 3 is 2.74 bits per heavy atom. The zero-order valence-corrected chi connectivity index (χ0v) is 12.6. The van der Waals surface area contributed by atoms with Gasteiger partial charge in [-0.1, -0.05) is 19.1 Å². The van der Waals surface area contributed by atoms with E-state index in [1.54, 1.807) is 0 Å². The highest BCUT2D eigenvalue weighted by Crippen LogP contribution is 2.33. The van der Waals surface area contributed by atoms with Gasteiger partial charge in [0.2, 0.25) is 0 Å². The monoisotopic (exact) mass is 263 g/mol. The van der Waals surface area contributed by atoms with Crippen molar-refractivity contribution in [1.29, 1.82) is 0 Å². The van der Waals surface area contributed by atoms with Crippen LogP contribution in [0.25, 0.3) is 0 Å². The van der Waals surface area contributed by atoms with Crippen molar-refractivity contribution in [3.63, 3.8) is 0 Å². The van der Waals surface area contributed by atoms with E-state index in [0.29, 0.717) is 12.0 Å². The van der Waals surface area contributed by atoms with Crippen molar-refractivity contribution in [2.45, 2.75) is 25.8 Å². The van der Waals surface area contributed by atoms with Crippen LogP contribution >= 0.6 is 0 Å². The molecule has 0 N–H and O–H groups in total. The number of hydrogen-bond donors (Lipinski definition) is 0. The van der Waals surface area contributed by atoms with Gasteiger partial charge in [-0.15, -0.1) is 0 Å². The zero-order valence-electron chi connectivity index (χ0n) is 12.6. The molecule has 0 radical (unpaired) electrons. The van der Waals surface area contributed by atoms with Gasteiger partial charge in [-0.25, -0.2) is 0 Å². The van der Waals surface area contributed by atoms with Gasteiger partial charge in [0.15, 0.2) is 0 Å². The Bertz CT molecular complexity index is 401. The summed E-state index contributed by atoms with van der Waals surface area (Å²) in [6, 6.07) is 0.592. The van der Waals surface area contributed by atoms with Gasteiger partial charge in [0.1, 0.15) is 12.4 Å². The van der Waals surface area contributed by atoms with E-state index in [1.165, 1.54) is 43.9 Å². The first kappa shape index (κ1) is 13.2. The minimum Gasteiger partial charge on any atom is -0.496 e. The fourth-order valence-electron chi connectivity index (χ4n) is 3.44. The summed E-state index contributed by atoms with van der Waals surface area (Å²) in [5.74, 6) is 1.85. The summed E-state index contributed by atoms with van der Waals surface area (Å²) in [5.41, 5.74) is 1.45. The predicted molar refractivity (Wildman–Crippen MR) is 77.7 cm³/mol. The van der Waals surface area contributed by atoms with Gasteiger partial charge in [0.25, 0.3) is 0 Å². The maximum atomic E-state index is 6.09. The van der Waals surface area contributed by atoms with Gasteiger partial charge in [-0.3, -0.25) is 4.90 Å². The summed E-state index contributed by atoms with van der Waals surface area (Å²) >= 11 is 0. The molecular formula is C16H27N2O+. The smallest absolute Gasteiger partial charge is 0.104 e. The summed E-state index contributed by atoms with van der Waals surface area (Å²) in [5, 5.41) is 0. The molecule has 0 saturated carbocycles. The first-order valence-corrected chi connectivity index (χ1v) is 7.63. The molecule has 3 heteroatoms. The SMILES string of the molecule is CC1CC=CC2=C1OCC(N1CC[N+](C)(C)CC1)C2.